The Morgan fingerprint density at radius 1 is 1.46 bits per heavy atom. The van der Waals surface area contributed by atoms with E-state index < -0.39 is 5.54 Å². The van der Waals surface area contributed by atoms with Crippen LogP contribution in [-0.4, -0.2) is 42.8 Å². The van der Waals surface area contributed by atoms with Gasteiger partial charge in [-0.2, -0.15) is 0 Å². The summed E-state index contributed by atoms with van der Waals surface area (Å²) >= 11 is 0. The van der Waals surface area contributed by atoms with Crippen molar-refractivity contribution in [3.8, 4) is 0 Å². The number of nitrogens with one attached hydrogen (secondary N) is 1. The fourth-order valence-corrected chi connectivity index (χ4v) is 1.15. The van der Waals surface area contributed by atoms with E-state index in [2.05, 4.69) is 15.2 Å². The molecule has 0 unspecified atom stereocenters. The van der Waals surface area contributed by atoms with Gasteiger partial charge in [0.2, 0.25) is 0 Å². The van der Waals surface area contributed by atoms with E-state index in [1.165, 1.54) is 0 Å². The molecule has 0 aromatic heterocycles. The molecule has 1 N–H and O–H groups in total. The van der Waals surface area contributed by atoms with Crippen LogP contribution in [0, 0.1) is 0 Å². The molecule has 0 atom stereocenters. The van der Waals surface area contributed by atoms with Crippen molar-refractivity contribution in [3.05, 3.63) is 0 Å². The number of amidine groups is 1. The SMILES string of the molecule is CN(C)CCC1=NC(C)(C)C(=O)N1. The highest BCUT2D eigenvalue weighted by Crippen LogP contribution is 2.15. The van der Waals surface area contributed by atoms with Gasteiger partial charge in [0.1, 0.15) is 11.4 Å². The number of amides is 1. The second-order valence-corrected chi connectivity index (χ2v) is 4.12. The molecule has 13 heavy (non-hydrogen) atoms. The van der Waals surface area contributed by atoms with Crippen molar-refractivity contribution in [2.24, 2.45) is 4.99 Å². The van der Waals surface area contributed by atoms with Crippen LogP contribution in [0.4, 0.5) is 0 Å². The molecule has 0 fully saturated rings. The van der Waals surface area contributed by atoms with Gasteiger partial charge in [0.05, 0.1) is 0 Å². The zero-order chi connectivity index (χ0) is 10.1. The van der Waals surface area contributed by atoms with Crippen molar-refractivity contribution >= 4 is 11.7 Å². The minimum absolute atomic E-state index is 0.00116. The second-order valence-electron chi connectivity index (χ2n) is 4.12. The smallest absolute Gasteiger partial charge is 0.252 e. The fourth-order valence-electron chi connectivity index (χ4n) is 1.15. The molecule has 1 aliphatic rings. The Morgan fingerprint density at radius 3 is 2.46 bits per heavy atom. The molecule has 1 rings (SSSR count). The lowest BCUT2D eigenvalue weighted by Gasteiger charge is -2.08. The van der Waals surface area contributed by atoms with Gasteiger partial charge in [0.25, 0.3) is 5.91 Å². The molecular formula is C9H17N3O. The summed E-state index contributed by atoms with van der Waals surface area (Å²) in [5, 5.41) is 2.78. The van der Waals surface area contributed by atoms with Gasteiger partial charge in [-0.1, -0.05) is 0 Å². The molecule has 1 aliphatic heterocycles. The van der Waals surface area contributed by atoms with Crippen molar-refractivity contribution in [2.75, 3.05) is 20.6 Å². The maximum atomic E-state index is 11.3. The molecule has 0 aromatic rings. The lowest BCUT2D eigenvalue weighted by atomic mass is 10.1. The van der Waals surface area contributed by atoms with E-state index in [9.17, 15) is 4.79 Å². The number of aliphatic imine (C=N–C) groups is 1. The van der Waals surface area contributed by atoms with Crippen LogP contribution in [-0.2, 0) is 4.79 Å². The molecule has 1 amide bonds. The summed E-state index contributed by atoms with van der Waals surface area (Å²) in [6.07, 6.45) is 0.808. The van der Waals surface area contributed by atoms with Gasteiger partial charge in [0, 0.05) is 13.0 Å². The predicted molar refractivity (Wildman–Crippen MR) is 52.8 cm³/mol. The number of nitrogens with zero attached hydrogens (tertiary/aromatic N) is 2. The number of hydrogen-bond donors (Lipinski definition) is 1. The van der Waals surface area contributed by atoms with E-state index in [1.54, 1.807) is 0 Å². The minimum Gasteiger partial charge on any atom is -0.312 e. The van der Waals surface area contributed by atoms with Gasteiger partial charge in [-0.05, 0) is 27.9 Å². The molecule has 0 saturated heterocycles. The highest BCUT2D eigenvalue weighted by atomic mass is 16.2. The Hall–Kier alpha value is -0.900. The summed E-state index contributed by atoms with van der Waals surface area (Å²) in [6.45, 7) is 4.56. The minimum atomic E-state index is -0.568. The summed E-state index contributed by atoms with van der Waals surface area (Å²) in [6, 6.07) is 0. The van der Waals surface area contributed by atoms with E-state index in [0.29, 0.717) is 0 Å². The monoisotopic (exact) mass is 183 g/mol. The third-order valence-corrected chi connectivity index (χ3v) is 2.02. The number of rotatable bonds is 3. The van der Waals surface area contributed by atoms with Crippen molar-refractivity contribution in [2.45, 2.75) is 25.8 Å². The van der Waals surface area contributed by atoms with Crippen molar-refractivity contribution in [1.82, 2.24) is 10.2 Å². The molecule has 1 heterocycles. The maximum Gasteiger partial charge on any atom is 0.252 e. The summed E-state index contributed by atoms with van der Waals surface area (Å²) < 4.78 is 0. The molecule has 74 valence electrons. The lowest BCUT2D eigenvalue weighted by Crippen LogP contribution is -2.35. The van der Waals surface area contributed by atoms with Crippen LogP contribution in [0.3, 0.4) is 0 Å². The summed E-state index contributed by atoms with van der Waals surface area (Å²) in [4.78, 5) is 17.7. The van der Waals surface area contributed by atoms with Gasteiger partial charge in [-0.3, -0.25) is 9.79 Å². The van der Waals surface area contributed by atoms with Crippen LogP contribution in [0.2, 0.25) is 0 Å². The molecule has 0 aromatic carbocycles. The van der Waals surface area contributed by atoms with Crippen molar-refractivity contribution in [3.63, 3.8) is 0 Å². The molecule has 4 heteroatoms. The highest BCUT2D eigenvalue weighted by molar-refractivity contribution is 6.07. The maximum absolute atomic E-state index is 11.3. The molecule has 4 nitrogen and oxygen atoms in total. The molecule has 0 radical (unpaired) electrons. The molecule has 0 aliphatic carbocycles. The van der Waals surface area contributed by atoms with Crippen LogP contribution < -0.4 is 5.32 Å². The van der Waals surface area contributed by atoms with Gasteiger partial charge in [-0.25, -0.2) is 0 Å². The fraction of sp³-hybridized carbons (Fsp3) is 0.778. The van der Waals surface area contributed by atoms with E-state index in [1.807, 2.05) is 27.9 Å². The third kappa shape index (κ3) is 2.52. The van der Waals surface area contributed by atoms with Gasteiger partial charge < -0.3 is 10.2 Å². The third-order valence-electron chi connectivity index (χ3n) is 2.02. The lowest BCUT2D eigenvalue weighted by molar-refractivity contribution is -0.122. The normalized spacial score (nSPS) is 20.4. The second kappa shape index (κ2) is 3.46. The Labute approximate surface area is 79.0 Å². The Kier molecular flexibility index (Phi) is 2.71. The predicted octanol–water partition coefficient (Wildman–Crippen LogP) is 0.245. The molecule has 0 bridgehead atoms. The van der Waals surface area contributed by atoms with Crippen molar-refractivity contribution in [1.29, 1.82) is 0 Å². The first-order valence-electron chi connectivity index (χ1n) is 4.47. The van der Waals surface area contributed by atoms with Crippen molar-refractivity contribution < 1.29 is 4.79 Å². The van der Waals surface area contributed by atoms with Gasteiger partial charge >= 0.3 is 0 Å². The van der Waals surface area contributed by atoms with E-state index >= 15 is 0 Å². The molecule has 0 saturated carbocycles. The quantitative estimate of drug-likeness (QED) is 0.681. The summed E-state index contributed by atoms with van der Waals surface area (Å²) in [5.41, 5.74) is -0.568. The number of carbonyl (C=O) groups is 1. The first-order chi connectivity index (χ1) is 5.92. The standard InChI is InChI=1S/C9H17N3O/c1-9(2)8(13)10-7(11-9)5-6-12(3)4/h5-6H2,1-4H3,(H,10,11,13). The summed E-state index contributed by atoms with van der Waals surface area (Å²) in [5.74, 6) is 0.810. The van der Waals surface area contributed by atoms with Crippen LogP contribution in [0.5, 0.6) is 0 Å². The first kappa shape index (κ1) is 10.2. The van der Waals surface area contributed by atoms with Gasteiger partial charge in [-0.15, -0.1) is 0 Å². The Morgan fingerprint density at radius 2 is 2.08 bits per heavy atom. The van der Waals surface area contributed by atoms with Crippen LogP contribution in [0.25, 0.3) is 0 Å². The molecule has 0 spiro atoms. The van der Waals surface area contributed by atoms with E-state index in [-0.39, 0.29) is 5.91 Å². The van der Waals surface area contributed by atoms with E-state index in [4.69, 9.17) is 0 Å². The number of hydrogen-bond acceptors (Lipinski definition) is 3. The van der Waals surface area contributed by atoms with Crippen LogP contribution >= 0.6 is 0 Å². The highest BCUT2D eigenvalue weighted by Gasteiger charge is 2.33. The molecular weight excluding hydrogens is 166 g/mol. The van der Waals surface area contributed by atoms with E-state index in [0.717, 1.165) is 18.8 Å². The largest absolute Gasteiger partial charge is 0.312 e. The number of carbonyl (C=O) groups excluding carboxylic acids is 1. The van der Waals surface area contributed by atoms with Crippen LogP contribution in [0.15, 0.2) is 4.99 Å². The topological polar surface area (TPSA) is 44.7 Å². The summed E-state index contributed by atoms with van der Waals surface area (Å²) in [7, 11) is 4.00. The zero-order valence-corrected chi connectivity index (χ0v) is 8.72. The van der Waals surface area contributed by atoms with Gasteiger partial charge in [0.15, 0.2) is 0 Å². The average Bonchev–Trinajstić information content (AvgIpc) is 2.22. The first-order valence-corrected chi connectivity index (χ1v) is 4.47. The average molecular weight is 183 g/mol. The Bertz CT molecular complexity index is 243. The Balaban J connectivity index is 2.51. The van der Waals surface area contributed by atoms with Crippen LogP contribution in [0.1, 0.15) is 20.3 Å². The zero-order valence-electron chi connectivity index (χ0n) is 8.72.